The molecule has 0 radical (unpaired) electrons. The van der Waals surface area contributed by atoms with E-state index in [4.69, 9.17) is 0 Å². The Labute approximate surface area is 471 Å². The molecule has 0 aromatic carbocycles. The molecule has 11 heterocycles. The van der Waals surface area contributed by atoms with E-state index >= 15 is 0 Å². The topological polar surface area (TPSA) is 165 Å². The van der Waals surface area contributed by atoms with Crippen LogP contribution < -0.4 is 0 Å². The largest absolute Gasteiger partial charge is 0.264 e. The first kappa shape index (κ1) is 68.9. The summed E-state index contributed by atoms with van der Waals surface area (Å²) in [5, 5.41) is 0. The average molecular weight is 1060 g/mol. The third-order valence-electron chi connectivity index (χ3n) is 13.1. The van der Waals surface area contributed by atoms with Gasteiger partial charge in [-0.05, 0) is 83.5 Å². The lowest BCUT2D eigenvalue weighted by Crippen LogP contribution is -1.99. The lowest BCUT2D eigenvalue weighted by molar-refractivity contribution is 0.863. The Morgan fingerprint density at radius 1 is 0.321 bits per heavy atom. The van der Waals surface area contributed by atoms with Gasteiger partial charge >= 0.3 is 0 Å². The average Bonchev–Trinajstić information content (AvgIpc) is 4.30. The van der Waals surface area contributed by atoms with Gasteiger partial charge in [0.2, 0.25) is 0 Å². The Balaban J connectivity index is 0.000000450. The molecule has 0 N–H and O–H groups in total. The third-order valence-corrected chi connectivity index (χ3v) is 13.1. The highest BCUT2D eigenvalue weighted by molar-refractivity contribution is 5.97. The summed E-state index contributed by atoms with van der Waals surface area (Å²) < 4.78 is 0. The van der Waals surface area contributed by atoms with Crippen LogP contribution in [0.15, 0.2) is 129 Å². The van der Waals surface area contributed by atoms with Gasteiger partial charge in [-0.3, -0.25) is 39.9 Å². The lowest BCUT2D eigenvalue weighted by Gasteiger charge is -2.03. The highest BCUT2D eigenvalue weighted by Gasteiger charge is 2.24. The number of hydrogen-bond acceptors (Lipinski definition) is 13. The van der Waals surface area contributed by atoms with Crippen molar-refractivity contribution >= 4 is 63.3 Å². The first-order chi connectivity index (χ1) is 37.7. The van der Waals surface area contributed by atoms with Crippen molar-refractivity contribution in [3.63, 3.8) is 0 Å². The summed E-state index contributed by atoms with van der Waals surface area (Å²) in [6, 6.07) is 12.0. The molecular formula is C65H95N13. The van der Waals surface area contributed by atoms with Crippen LogP contribution in [-0.2, 0) is 0 Å². The Kier molecular flexibility index (Phi) is 32.5. The number of pyridine rings is 4. The molecule has 6 atom stereocenters. The molecule has 0 fully saturated rings. The van der Waals surface area contributed by atoms with Gasteiger partial charge in [-0.15, -0.1) is 0 Å². The molecule has 6 aromatic rings. The minimum absolute atomic E-state index is 0.395. The van der Waals surface area contributed by atoms with E-state index in [-0.39, 0.29) is 0 Å². The van der Waals surface area contributed by atoms with Crippen molar-refractivity contribution in [2.24, 2.45) is 25.0 Å². The predicted octanol–water partition coefficient (Wildman–Crippen LogP) is 19.0. The molecule has 6 unspecified atom stereocenters. The maximum absolute atomic E-state index is 4.41. The van der Waals surface area contributed by atoms with E-state index in [1.807, 2.05) is 165 Å². The summed E-state index contributed by atoms with van der Waals surface area (Å²) in [5.41, 5.74) is 18.6. The Hall–Kier alpha value is -7.15. The van der Waals surface area contributed by atoms with Gasteiger partial charge in [-0.2, -0.15) is 0 Å². The van der Waals surface area contributed by atoms with Crippen molar-refractivity contribution in [1.82, 2.24) is 39.9 Å². The van der Waals surface area contributed by atoms with E-state index in [0.29, 0.717) is 35.5 Å². The molecule has 0 bridgehead atoms. The molecule has 420 valence electrons. The zero-order chi connectivity index (χ0) is 59.1. The highest BCUT2D eigenvalue weighted by atomic mass is 15.0. The normalized spacial score (nSPS) is 18.5. The van der Waals surface area contributed by atoms with Crippen LogP contribution in [0.1, 0.15) is 241 Å². The summed E-state index contributed by atoms with van der Waals surface area (Å²) in [7, 11) is 0. The number of allylic oxidation sites excluding steroid dienone is 1. The van der Waals surface area contributed by atoms with E-state index < -0.39 is 0 Å². The highest BCUT2D eigenvalue weighted by Crippen LogP contribution is 2.37. The monoisotopic (exact) mass is 1060 g/mol. The van der Waals surface area contributed by atoms with Gasteiger partial charge < -0.3 is 0 Å². The van der Waals surface area contributed by atoms with Crippen molar-refractivity contribution in [2.75, 3.05) is 0 Å². The number of hydrogen-bond donors (Lipinski definition) is 0. The molecule has 1 aliphatic carbocycles. The lowest BCUT2D eigenvalue weighted by atomic mass is 10.0. The maximum atomic E-state index is 4.41. The number of rotatable bonds is 0. The second-order valence-electron chi connectivity index (χ2n) is 17.3. The van der Waals surface area contributed by atoms with Gasteiger partial charge in [-0.1, -0.05) is 136 Å². The summed E-state index contributed by atoms with van der Waals surface area (Å²) in [6.07, 6.45) is 19.9. The van der Waals surface area contributed by atoms with E-state index in [1.165, 1.54) is 51.4 Å². The van der Waals surface area contributed by atoms with Gasteiger partial charge in [0.25, 0.3) is 0 Å². The first-order valence-electron chi connectivity index (χ1n) is 28.6. The van der Waals surface area contributed by atoms with Gasteiger partial charge in [-0.25, -0.2) is 24.9 Å². The van der Waals surface area contributed by atoms with Crippen LogP contribution in [0.4, 0.5) is 28.7 Å². The minimum atomic E-state index is 0.395. The maximum Gasteiger partial charge on any atom is 0.158 e. The van der Waals surface area contributed by atoms with E-state index in [2.05, 4.69) is 139 Å². The van der Waals surface area contributed by atoms with E-state index in [1.54, 1.807) is 24.8 Å². The van der Waals surface area contributed by atoms with E-state index in [0.717, 1.165) is 57.1 Å². The smallest absolute Gasteiger partial charge is 0.158 e. The first-order valence-corrected chi connectivity index (χ1v) is 28.6. The number of fused-ring (bicyclic) bond motifs is 6. The van der Waals surface area contributed by atoms with Crippen molar-refractivity contribution in [1.29, 1.82) is 0 Å². The van der Waals surface area contributed by atoms with Gasteiger partial charge in [0.1, 0.15) is 6.33 Å². The molecule has 6 aliphatic rings. The minimum Gasteiger partial charge on any atom is -0.264 e. The van der Waals surface area contributed by atoms with E-state index in [9.17, 15) is 0 Å². The molecular weight excluding hydrogens is 963 g/mol. The van der Waals surface area contributed by atoms with Gasteiger partial charge in [0, 0.05) is 130 Å². The molecule has 6 aromatic heterocycles. The Morgan fingerprint density at radius 3 is 1.36 bits per heavy atom. The molecule has 0 saturated carbocycles. The third kappa shape index (κ3) is 18.5. The predicted molar refractivity (Wildman–Crippen MR) is 337 cm³/mol. The summed E-state index contributed by atoms with van der Waals surface area (Å²) in [5.74, 6) is 4.39. The fourth-order valence-electron chi connectivity index (χ4n) is 7.95. The van der Waals surface area contributed by atoms with Crippen LogP contribution in [0.25, 0.3) is 6.08 Å². The zero-order valence-electron chi connectivity index (χ0n) is 52.1. The van der Waals surface area contributed by atoms with Crippen LogP contribution in [0.3, 0.4) is 0 Å². The fraction of sp³-hybridized carbons (Fsp3) is 0.462. The SMILES string of the molecule is CC.CC.CC.CC.CC.CC.CC1=Cc2nccnc2C1C.CC1=Nc2cccnc2C1C.CC1=Nc2ccncc2C1C.CC1=Nc2cnccc2C1C.CC1=Nc2ncccc2C1C.CC1=Nc2ncncc2C1C. The van der Waals surface area contributed by atoms with Crippen LogP contribution in [0.5, 0.6) is 0 Å². The van der Waals surface area contributed by atoms with Crippen molar-refractivity contribution < 1.29 is 0 Å². The quantitative estimate of drug-likeness (QED) is 0.145. The second-order valence-corrected chi connectivity index (χ2v) is 17.3. The van der Waals surface area contributed by atoms with Crippen molar-refractivity contribution in [2.45, 2.75) is 202 Å². The molecule has 78 heavy (non-hydrogen) atoms. The summed E-state index contributed by atoms with van der Waals surface area (Å²) in [4.78, 5) is 54.9. The van der Waals surface area contributed by atoms with Crippen molar-refractivity contribution in [3.05, 3.63) is 143 Å². The molecule has 0 spiro atoms. The second kappa shape index (κ2) is 36.8. The number of nitrogens with zero attached hydrogens (tertiary/aromatic N) is 13. The van der Waals surface area contributed by atoms with Crippen LogP contribution in [-0.4, -0.2) is 68.4 Å². The Bertz CT molecular complexity index is 2400. The molecule has 5 aliphatic heterocycles. The van der Waals surface area contributed by atoms with Gasteiger partial charge in [0.15, 0.2) is 11.6 Å². The zero-order valence-corrected chi connectivity index (χ0v) is 52.1. The van der Waals surface area contributed by atoms with Crippen LogP contribution in [0, 0.1) is 0 Å². The fourth-order valence-corrected chi connectivity index (χ4v) is 7.95. The number of aliphatic imine (C=N–C) groups is 5. The molecule has 0 saturated heterocycles. The summed E-state index contributed by atoms with van der Waals surface area (Å²) in [6.45, 7) is 49.3. The molecule has 12 rings (SSSR count). The van der Waals surface area contributed by atoms with Gasteiger partial charge in [0.05, 0.1) is 40.3 Å². The van der Waals surface area contributed by atoms with Crippen LogP contribution >= 0.6 is 0 Å². The summed E-state index contributed by atoms with van der Waals surface area (Å²) >= 11 is 0. The molecule has 13 nitrogen and oxygen atoms in total. The molecule has 0 amide bonds. The molecule has 13 heteroatoms. The van der Waals surface area contributed by atoms with Crippen LogP contribution in [0.2, 0.25) is 0 Å². The van der Waals surface area contributed by atoms with Crippen molar-refractivity contribution in [3.8, 4) is 0 Å². The standard InChI is InChI=1S/5C9H10N2.C8H9N3.6C2H6/c1-6-7(2)11-9-3-4-10-5-8(6)9;1-6-7(2)11-9-5-10-4-3-8(6)9;1-6-5-8-9(7(6)2)11-4-3-10-8;1-6-7(2)11-8-4-3-5-10-9(6)8;1-6-7(2)11-9-8(6)4-3-5-10-9;1-5-6(2)11-8-7(5)3-9-4-10-8;6*1-2/h2*3-6H,1-2H3;3-5,7H,1-2H3;2*3-6H,1-2H3;3-5H,1-2H3;6*1-2H3. The number of aromatic nitrogens is 8. The Morgan fingerprint density at radius 2 is 0.782 bits per heavy atom.